The Balaban J connectivity index is 1.43. The fourth-order valence-electron chi connectivity index (χ4n) is 3.24. The molecule has 7 nitrogen and oxygen atoms in total. The van der Waals surface area contributed by atoms with E-state index < -0.39 is 5.82 Å². The Morgan fingerprint density at radius 1 is 1.21 bits per heavy atom. The van der Waals surface area contributed by atoms with Gasteiger partial charge >= 0.3 is 0 Å². The second-order valence-corrected chi connectivity index (χ2v) is 7.53. The Bertz CT molecular complexity index is 963. The van der Waals surface area contributed by atoms with Crippen LogP contribution in [0.4, 0.5) is 15.9 Å². The molecule has 1 atom stereocenters. The minimum absolute atomic E-state index is 0.186. The van der Waals surface area contributed by atoms with Gasteiger partial charge in [-0.3, -0.25) is 9.36 Å². The van der Waals surface area contributed by atoms with Crippen molar-refractivity contribution >= 4 is 33.3 Å². The highest BCUT2D eigenvalue weighted by atomic mass is 79.9. The smallest absolute Gasteiger partial charge is 0.229 e. The third-order valence-electron chi connectivity index (χ3n) is 4.71. The largest absolute Gasteiger partial charge is 0.354 e. The molecule has 1 unspecified atom stereocenters. The Morgan fingerprint density at radius 3 is 2.75 bits per heavy atom. The van der Waals surface area contributed by atoms with Gasteiger partial charge in [-0.25, -0.2) is 9.37 Å². The first-order valence-electron chi connectivity index (χ1n) is 8.93. The summed E-state index contributed by atoms with van der Waals surface area (Å²) in [7, 11) is 0. The van der Waals surface area contributed by atoms with E-state index in [-0.39, 0.29) is 17.5 Å². The lowest BCUT2D eigenvalue weighted by Crippen LogP contribution is -2.41. The number of hydrogen-bond acceptors (Lipinski definition) is 5. The van der Waals surface area contributed by atoms with Crippen molar-refractivity contribution in [3.8, 4) is 5.82 Å². The van der Waals surface area contributed by atoms with E-state index in [1.165, 1.54) is 6.07 Å². The predicted octanol–water partition coefficient (Wildman–Crippen LogP) is 3.42. The van der Waals surface area contributed by atoms with Crippen LogP contribution in [0, 0.1) is 11.7 Å². The molecular formula is C19H18BrFN6O. The van der Waals surface area contributed by atoms with Gasteiger partial charge in [-0.2, -0.15) is 0 Å². The van der Waals surface area contributed by atoms with Gasteiger partial charge in [0, 0.05) is 30.0 Å². The van der Waals surface area contributed by atoms with Gasteiger partial charge in [-0.1, -0.05) is 15.9 Å². The van der Waals surface area contributed by atoms with Crippen molar-refractivity contribution in [1.82, 2.24) is 19.7 Å². The summed E-state index contributed by atoms with van der Waals surface area (Å²) in [6.45, 7) is 1.32. The van der Waals surface area contributed by atoms with Crippen molar-refractivity contribution < 1.29 is 9.18 Å². The van der Waals surface area contributed by atoms with Gasteiger partial charge in [-0.15, -0.1) is 10.2 Å². The van der Waals surface area contributed by atoms with E-state index in [1.54, 1.807) is 35.4 Å². The third-order valence-corrected chi connectivity index (χ3v) is 5.20. The number of piperidine rings is 1. The summed E-state index contributed by atoms with van der Waals surface area (Å²) >= 11 is 3.21. The fraction of sp³-hybridized carbons (Fsp3) is 0.263. The molecule has 144 valence electrons. The number of aromatic nitrogens is 4. The Hall–Kier alpha value is -2.81. The number of halogens is 2. The van der Waals surface area contributed by atoms with Gasteiger partial charge in [-0.05, 0) is 43.2 Å². The highest BCUT2D eigenvalue weighted by Gasteiger charge is 2.27. The molecule has 1 N–H and O–H groups in total. The molecule has 28 heavy (non-hydrogen) atoms. The van der Waals surface area contributed by atoms with E-state index >= 15 is 0 Å². The SMILES string of the molecule is O=C(Nc1ccc(Br)cc1F)C1CCCN(c2ccc(-n3ccnc3)nn2)C1. The lowest BCUT2D eigenvalue weighted by molar-refractivity contribution is -0.120. The van der Waals surface area contributed by atoms with Crippen LogP contribution in [-0.4, -0.2) is 38.7 Å². The van der Waals surface area contributed by atoms with Crippen molar-refractivity contribution in [2.45, 2.75) is 12.8 Å². The van der Waals surface area contributed by atoms with Gasteiger partial charge in [0.25, 0.3) is 0 Å². The summed E-state index contributed by atoms with van der Waals surface area (Å²) in [5.41, 5.74) is 0.190. The molecule has 0 saturated carbocycles. The standard InChI is InChI=1S/C19H18BrFN6O/c20-14-3-4-16(15(21)10-14)23-19(28)13-2-1-8-26(11-13)17-5-6-18(25-24-17)27-9-7-22-12-27/h3-7,9-10,12-13H,1-2,8,11H2,(H,23,28). The second-order valence-electron chi connectivity index (χ2n) is 6.62. The van der Waals surface area contributed by atoms with Crippen LogP contribution in [-0.2, 0) is 4.79 Å². The van der Waals surface area contributed by atoms with Gasteiger partial charge in [0.2, 0.25) is 5.91 Å². The molecule has 0 spiro atoms. The quantitative estimate of drug-likeness (QED) is 0.666. The topological polar surface area (TPSA) is 75.9 Å². The molecule has 1 fully saturated rings. The monoisotopic (exact) mass is 444 g/mol. The molecule has 1 saturated heterocycles. The lowest BCUT2D eigenvalue weighted by Gasteiger charge is -2.32. The van der Waals surface area contributed by atoms with Gasteiger partial charge in [0.15, 0.2) is 11.6 Å². The zero-order valence-electron chi connectivity index (χ0n) is 14.9. The number of carbonyl (C=O) groups excluding carboxylic acids is 1. The minimum atomic E-state index is -0.462. The number of nitrogens with one attached hydrogen (secondary N) is 1. The maximum Gasteiger partial charge on any atom is 0.229 e. The summed E-state index contributed by atoms with van der Waals surface area (Å²) in [4.78, 5) is 18.7. The van der Waals surface area contributed by atoms with E-state index in [1.807, 2.05) is 17.0 Å². The maximum absolute atomic E-state index is 14.0. The van der Waals surface area contributed by atoms with E-state index in [9.17, 15) is 9.18 Å². The molecular weight excluding hydrogens is 427 g/mol. The van der Waals surface area contributed by atoms with Crippen LogP contribution in [0.1, 0.15) is 12.8 Å². The fourth-order valence-corrected chi connectivity index (χ4v) is 3.58. The molecule has 0 bridgehead atoms. The number of hydrogen-bond donors (Lipinski definition) is 1. The van der Waals surface area contributed by atoms with Crippen LogP contribution in [0.3, 0.4) is 0 Å². The second kappa shape index (κ2) is 8.05. The third kappa shape index (κ3) is 4.04. The first-order chi connectivity index (χ1) is 13.6. The van der Waals surface area contributed by atoms with Crippen LogP contribution in [0.5, 0.6) is 0 Å². The Kier molecular flexibility index (Phi) is 5.34. The van der Waals surface area contributed by atoms with Crippen LogP contribution in [0.25, 0.3) is 5.82 Å². The number of anilines is 2. The lowest BCUT2D eigenvalue weighted by atomic mass is 9.97. The summed E-state index contributed by atoms with van der Waals surface area (Å²) in [6.07, 6.45) is 6.74. The van der Waals surface area contributed by atoms with Gasteiger partial charge in [0.1, 0.15) is 12.1 Å². The van der Waals surface area contributed by atoms with Gasteiger partial charge in [0.05, 0.1) is 11.6 Å². The molecule has 2 aromatic heterocycles. The molecule has 4 rings (SSSR count). The number of amides is 1. The molecule has 1 aromatic carbocycles. The van der Waals surface area contributed by atoms with E-state index in [0.29, 0.717) is 16.8 Å². The molecule has 9 heteroatoms. The molecule has 1 amide bonds. The van der Waals surface area contributed by atoms with E-state index in [4.69, 9.17) is 0 Å². The normalized spacial score (nSPS) is 16.8. The molecule has 1 aliphatic rings. The van der Waals surface area contributed by atoms with Crippen molar-refractivity contribution in [2.75, 3.05) is 23.3 Å². The number of benzene rings is 1. The van der Waals surface area contributed by atoms with Crippen molar-refractivity contribution in [3.63, 3.8) is 0 Å². The molecule has 1 aliphatic heterocycles. The molecule has 3 aromatic rings. The van der Waals surface area contributed by atoms with Crippen LogP contribution in [0.2, 0.25) is 0 Å². The summed E-state index contributed by atoms with van der Waals surface area (Å²) in [5.74, 6) is 0.506. The van der Waals surface area contributed by atoms with Gasteiger partial charge < -0.3 is 10.2 Å². The summed E-state index contributed by atoms with van der Waals surface area (Å²) < 4.78 is 16.4. The molecule has 0 aliphatic carbocycles. The first-order valence-corrected chi connectivity index (χ1v) is 9.72. The number of carbonyl (C=O) groups is 1. The van der Waals surface area contributed by atoms with E-state index in [2.05, 4.69) is 36.4 Å². The minimum Gasteiger partial charge on any atom is -0.354 e. The Labute approximate surface area is 169 Å². The maximum atomic E-state index is 14.0. The predicted molar refractivity (Wildman–Crippen MR) is 107 cm³/mol. The van der Waals surface area contributed by atoms with Crippen molar-refractivity contribution in [3.05, 3.63) is 59.3 Å². The zero-order valence-corrected chi connectivity index (χ0v) is 16.5. The zero-order chi connectivity index (χ0) is 19.5. The average Bonchev–Trinajstić information content (AvgIpc) is 3.25. The van der Waals surface area contributed by atoms with Crippen LogP contribution < -0.4 is 10.2 Å². The number of nitrogens with zero attached hydrogens (tertiary/aromatic N) is 5. The molecule has 3 heterocycles. The summed E-state index contributed by atoms with van der Waals surface area (Å²) in [6, 6.07) is 8.34. The number of rotatable bonds is 4. The van der Waals surface area contributed by atoms with Crippen molar-refractivity contribution in [1.29, 1.82) is 0 Å². The van der Waals surface area contributed by atoms with Crippen LogP contribution >= 0.6 is 15.9 Å². The van der Waals surface area contributed by atoms with Crippen LogP contribution in [0.15, 0.2) is 53.5 Å². The Morgan fingerprint density at radius 2 is 2.04 bits per heavy atom. The summed E-state index contributed by atoms with van der Waals surface area (Å²) in [5, 5.41) is 11.2. The van der Waals surface area contributed by atoms with E-state index in [0.717, 1.165) is 25.2 Å². The highest BCUT2D eigenvalue weighted by Crippen LogP contribution is 2.24. The highest BCUT2D eigenvalue weighted by molar-refractivity contribution is 9.10. The average molecular weight is 445 g/mol. The molecule has 0 radical (unpaired) electrons. The first kappa shape index (κ1) is 18.5. The van der Waals surface area contributed by atoms with Crippen molar-refractivity contribution in [2.24, 2.45) is 5.92 Å². The number of imidazole rings is 1.